The molecule has 9 nitrogen and oxygen atoms in total. The fourth-order valence-electron chi connectivity index (χ4n) is 0.558. The standard InChI is InChI=1S/C8H10O7.C4H6O2/c1-5(9)3-7(11)13-15-14-8(12)4-6(2)10;1-3(2)4(5)6/h3-4H2,1-2H3;1H2,2H3,(H,5,6). The Hall–Kier alpha value is -2.55. The Kier molecular flexibility index (Phi) is 11.2. The van der Waals surface area contributed by atoms with Gasteiger partial charge in [0.2, 0.25) is 0 Å². The molecule has 0 aliphatic heterocycles. The van der Waals surface area contributed by atoms with Crippen LogP contribution in [-0.2, 0) is 38.8 Å². The summed E-state index contributed by atoms with van der Waals surface area (Å²) in [7, 11) is 0. The van der Waals surface area contributed by atoms with Gasteiger partial charge in [0, 0.05) is 10.6 Å². The summed E-state index contributed by atoms with van der Waals surface area (Å²) < 4.78 is 0. The summed E-state index contributed by atoms with van der Waals surface area (Å²) in [6.07, 6.45) is -0.964. The molecule has 9 heteroatoms. The molecule has 0 saturated carbocycles. The molecule has 118 valence electrons. The smallest absolute Gasteiger partial charge is 0.354 e. The first-order valence-corrected chi connectivity index (χ1v) is 5.50. The highest BCUT2D eigenvalue weighted by molar-refractivity contribution is 5.94. The van der Waals surface area contributed by atoms with Gasteiger partial charge < -0.3 is 5.11 Å². The molecule has 0 rings (SSSR count). The number of aliphatic carboxylic acids is 1. The molecule has 0 aromatic carbocycles. The molecular weight excluding hydrogens is 288 g/mol. The molecule has 0 aliphatic carbocycles. The number of carboxylic acids is 1. The predicted molar refractivity (Wildman–Crippen MR) is 66.3 cm³/mol. The summed E-state index contributed by atoms with van der Waals surface area (Å²) >= 11 is 0. The first-order valence-electron chi connectivity index (χ1n) is 5.50. The first-order chi connectivity index (χ1) is 9.56. The van der Waals surface area contributed by atoms with Crippen LogP contribution in [0.2, 0.25) is 0 Å². The van der Waals surface area contributed by atoms with Crippen LogP contribution in [0.3, 0.4) is 0 Å². The van der Waals surface area contributed by atoms with Crippen molar-refractivity contribution in [1.29, 1.82) is 0 Å². The summed E-state index contributed by atoms with van der Waals surface area (Å²) in [4.78, 5) is 59.4. The van der Waals surface area contributed by atoms with Gasteiger partial charge in [-0.05, 0) is 20.8 Å². The van der Waals surface area contributed by atoms with E-state index in [4.69, 9.17) is 5.11 Å². The second kappa shape index (κ2) is 11.3. The normalized spacial score (nSPS) is 8.71. The largest absolute Gasteiger partial charge is 0.478 e. The van der Waals surface area contributed by atoms with Crippen molar-refractivity contribution in [2.45, 2.75) is 33.6 Å². The van der Waals surface area contributed by atoms with E-state index < -0.39 is 42.3 Å². The number of carboxylic acid groups (broad SMARTS) is 1. The van der Waals surface area contributed by atoms with Gasteiger partial charge in [-0.25, -0.2) is 14.4 Å². The second-order valence-electron chi connectivity index (χ2n) is 3.82. The molecule has 0 unspecified atom stereocenters. The zero-order valence-electron chi connectivity index (χ0n) is 11.8. The summed E-state index contributed by atoms with van der Waals surface area (Å²) in [5.41, 5.74) is 0.176. The van der Waals surface area contributed by atoms with Crippen molar-refractivity contribution >= 4 is 29.5 Å². The lowest BCUT2D eigenvalue weighted by molar-refractivity contribution is -0.458. The minimum atomic E-state index is -0.988. The number of carbonyl (C=O) groups excluding carboxylic acids is 4. The van der Waals surface area contributed by atoms with E-state index in [0.29, 0.717) is 0 Å². The van der Waals surface area contributed by atoms with Crippen molar-refractivity contribution in [3.8, 4) is 0 Å². The van der Waals surface area contributed by atoms with Crippen LogP contribution >= 0.6 is 0 Å². The molecule has 0 aromatic heterocycles. The predicted octanol–water partition coefficient (Wildman–Crippen LogP) is 0.525. The average molecular weight is 304 g/mol. The van der Waals surface area contributed by atoms with Crippen molar-refractivity contribution in [2.24, 2.45) is 0 Å². The van der Waals surface area contributed by atoms with Crippen LogP contribution in [0.15, 0.2) is 12.2 Å². The quantitative estimate of drug-likeness (QED) is 0.309. The number of hydrogen-bond donors (Lipinski definition) is 1. The maximum Gasteiger partial charge on any atom is 0.354 e. The number of rotatable bonds is 7. The minimum absolute atomic E-state index is 0.176. The monoisotopic (exact) mass is 304 g/mol. The van der Waals surface area contributed by atoms with Crippen molar-refractivity contribution in [2.75, 3.05) is 0 Å². The Balaban J connectivity index is 0. The van der Waals surface area contributed by atoms with Gasteiger partial charge in [-0.1, -0.05) is 6.58 Å². The molecule has 0 aliphatic rings. The molecule has 0 spiro atoms. The molecule has 0 heterocycles. The number of hydrogen-bond acceptors (Lipinski definition) is 8. The second-order valence-corrected chi connectivity index (χ2v) is 3.82. The minimum Gasteiger partial charge on any atom is -0.478 e. The van der Waals surface area contributed by atoms with E-state index >= 15 is 0 Å². The molecule has 0 atom stereocenters. The van der Waals surface area contributed by atoms with Crippen molar-refractivity contribution in [1.82, 2.24) is 0 Å². The Bertz CT molecular complexity index is 396. The van der Waals surface area contributed by atoms with Crippen LogP contribution in [0.5, 0.6) is 0 Å². The third-order valence-corrected chi connectivity index (χ3v) is 1.41. The van der Waals surface area contributed by atoms with Crippen molar-refractivity contribution in [3.63, 3.8) is 0 Å². The summed E-state index contributed by atoms with van der Waals surface area (Å²) in [6.45, 7) is 6.97. The van der Waals surface area contributed by atoms with Crippen LogP contribution in [0.1, 0.15) is 33.6 Å². The Morgan fingerprint density at radius 1 is 0.857 bits per heavy atom. The third kappa shape index (κ3) is 17.4. The van der Waals surface area contributed by atoms with Gasteiger partial charge >= 0.3 is 17.9 Å². The Morgan fingerprint density at radius 2 is 1.14 bits per heavy atom. The molecule has 0 fully saturated rings. The maximum atomic E-state index is 10.6. The Morgan fingerprint density at radius 3 is 1.33 bits per heavy atom. The third-order valence-electron chi connectivity index (χ3n) is 1.41. The summed E-state index contributed by atoms with van der Waals surface area (Å²) in [5, 5.41) is 11.6. The van der Waals surface area contributed by atoms with E-state index in [1.165, 1.54) is 20.8 Å². The van der Waals surface area contributed by atoms with Crippen LogP contribution in [0.25, 0.3) is 0 Å². The number of Topliss-reactive ketones (excluding diaryl/α,β-unsaturated/α-hetero) is 2. The summed E-state index contributed by atoms with van der Waals surface area (Å²) in [6, 6.07) is 0. The SMILES string of the molecule is C=C(C)C(=O)O.CC(=O)CC(=O)OOOC(=O)CC(C)=O. The van der Waals surface area contributed by atoms with Crippen LogP contribution in [0, 0.1) is 0 Å². The highest BCUT2D eigenvalue weighted by Gasteiger charge is 2.11. The van der Waals surface area contributed by atoms with E-state index in [9.17, 15) is 24.0 Å². The fourth-order valence-corrected chi connectivity index (χ4v) is 0.558. The molecule has 0 saturated heterocycles. The molecule has 0 bridgehead atoms. The zero-order chi connectivity index (χ0) is 17.0. The van der Waals surface area contributed by atoms with Crippen LogP contribution < -0.4 is 0 Å². The lowest BCUT2D eigenvalue weighted by Crippen LogP contribution is -2.14. The van der Waals surface area contributed by atoms with Crippen LogP contribution in [0.4, 0.5) is 0 Å². The van der Waals surface area contributed by atoms with Crippen LogP contribution in [-0.4, -0.2) is 34.6 Å². The van der Waals surface area contributed by atoms with E-state index in [2.05, 4.69) is 21.4 Å². The van der Waals surface area contributed by atoms with E-state index in [1.54, 1.807) is 0 Å². The van der Waals surface area contributed by atoms with Gasteiger partial charge in [0.05, 0.1) is 0 Å². The maximum absolute atomic E-state index is 10.6. The zero-order valence-corrected chi connectivity index (χ0v) is 11.8. The van der Waals surface area contributed by atoms with Gasteiger partial charge in [-0.2, -0.15) is 0 Å². The van der Waals surface area contributed by atoms with E-state index in [-0.39, 0.29) is 5.57 Å². The van der Waals surface area contributed by atoms with E-state index in [0.717, 1.165) is 0 Å². The molecule has 0 amide bonds. The Labute approximate surface area is 120 Å². The number of ketones is 2. The molecule has 0 radical (unpaired) electrons. The highest BCUT2D eigenvalue weighted by atomic mass is 17.5. The topological polar surface area (TPSA) is 133 Å². The van der Waals surface area contributed by atoms with E-state index in [1.807, 2.05) is 0 Å². The lowest BCUT2D eigenvalue weighted by atomic mass is 10.3. The molecule has 21 heavy (non-hydrogen) atoms. The van der Waals surface area contributed by atoms with Crippen molar-refractivity contribution < 1.29 is 43.9 Å². The molecular formula is C12H16O9. The molecule has 0 aromatic rings. The summed E-state index contributed by atoms with van der Waals surface area (Å²) in [5.74, 6) is -3.75. The van der Waals surface area contributed by atoms with Gasteiger partial charge in [-0.3, -0.25) is 19.4 Å². The van der Waals surface area contributed by atoms with Gasteiger partial charge in [0.15, 0.2) is 0 Å². The average Bonchev–Trinajstić information content (AvgIpc) is 2.27. The van der Waals surface area contributed by atoms with Gasteiger partial charge in [-0.15, -0.1) is 0 Å². The van der Waals surface area contributed by atoms with Crippen molar-refractivity contribution in [3.05, 3.63) is 12.2 Å². The lowest BCUT2D eigenvalue weighted by Gasteiger charge is -1.99. The van der Waals surface area contributed by atoms with Gasteiger partial charge in [0.25, 0.3) is 0 Å². The fraction of sp³-hybridized carbons (Fsp3) is 0.417. The molecule has 1 N–H and O–H groups in total. The van der Waals surface area contributed by atoms with Gasteiger partial charge in [0.1, 0.15) is 24.4 Å². The number of carbonyl (C=O) groups is 5. The highest BCUT2D eigenvalue weighted by Crippen LogP contribution is 1.93. The first kappa shape index (κ1) is 20.8.